The molecule has 0 atom stereocenters. The zero-order chi connectivity index (χ0) is 41.3. The highest BCUT2D eigenvalue weighted by Crippen LogP contribution is 2.31. The van der Waals surface area contributed by atoms with Gasteiger partial charge in [0.15, 0.2) is 12.4 Å². The van der Waals surface area contributed by atoms with E-state index in [9.17, 15) is 0 Å². The topological polar surface area (TPSA) is 17.6 Å². The van der Waals surface area contributed by atoms with E-state index in [1.165, 1.54) is 88.4 Å². The van der Waals surface area contributed by atoms with Crippen LogP contribution in [0.15, 0.2) is 170 Å². The van der Waals surface area contributed by atoms with Crippen LogP contribution < -0.4 is 9.13 Å². The highest BCUT2D eigenvalue weighted by atomic mass is 14.9. The molecule has 0 unspecified atom stereocenters. The summed E-state index contributed by atoms with van der Waals surface area (Å²) in [7, 11) is 8.43. The Labute approximate surface area is 352 Å². The molecule has 0 N–H and O–H groups in total. The summed E-state index contributed by atoms with van der Waals surface area (Å²) >= 11 is 0. The predicted octanol–water partition coefficient (Wildman–Crippen LogP) is 11.8. The second-order valence-corrected chi connectivity index (χ2v) is 15.7. The Morgan fingerprint density at radius 3 is 1.45 bits per heavy atom. The van der Waals surface area contributed by atoms with Crippen molar-refractivity contribution in [3.63, 3.8) is 0 Å². The van der Waals surface area contributed by atoms with Gasteiger partial charge in [-0.2, -0.15) is 0 Å². The number of aryl methyl sites for hydroxylation is 6. The number of pyridine rings is 2. The van der Waals surface area contributed by atoms with Gasteiger partial charge in [-0.3, -0.25) is 0 Å². The molecular formula is C56H48N4+2. The second kappa shape index (κ2) is 16.0. The molecular weight excluding hydrogens is 729 g/mol. The Hall–Kier alpha value is -7.48. The third-order valence-electron chi connectivity index (χ3n) is 11.8. The fourth-order valence-electron chi connectivity index (χ4n) is 8.46. The summed E-state index contributed by atoms with van der Waals surface area (Å²) in [4.78, 5) is 0. The van der Waals surface area contributed by atoms with E-state index in [0.29, 0.717) is 0 Å². The lowest BCUT2D eigenvalue weighted by atomic mass is 10.0. The molecule has 0 radical (unpaired) electrons. The summed E-state index contributed by atoms with van der Waals surface area (Å²) in [5.41, 5.74) is 16.9. The molecule has 0 bridgehead atoms. The minimum atomic E-state index is 1.02. The van der Waals surface area contributed by atoms with E-state index in [1.807, 2.05) is 6.07 Å². The monoisotopic (exact) mass is 776 g/mol. The van der Waals surface area contributed by atoms with Gasteiger partial charge in [0.05, 0.1) is 11.1 Å². The maximum atomic E-state index is 3.37. The smallest absolute Gasteiger partial charge is 0.212 e. The summed E-state index contributed by atoms with van der Waals surface area (Å²) in [5.74, 6) is 6.73. The van der Waals surface area contributed by atoms with Crippen LogP contribution in [0.4, 0.5) is 0 Å². The Kier molecular flexibility index (Phi) is 10.2. The lowest BCUT2D eigenvalue weighted by molar-refractivity contribution is -0.660. The highest BCUT2D eigenvalue weighted by Gasteiger charge is 2.14. The van der Waals surface area contributed by atoms with E-state index in [4.69, 9.17) is 0 Å². The largest absolute Gasteiger partial charge is 0.344 e. The van der Waals surface area contributed by atoms with E-state index in [-0.39, 0.29) is 0 Å². The number of rotatable bonds is 4. The van der Waals surface area contributed by atoms with Gasteiger partial charge >= 0.3 is 0 Å². The van der Waals surface area contributed by atoms with E-state index in [1.54, 1.807) is 0 Å². The minimum Gasteiger partial charge on any atom is -0.344 e. The van der Waals surface area contributed by atoms with Gasteiger partial charge in [0.25, 0.3) is 0 Å². The summed E-state index contributed by atoms with van der Waals surface area (Å²) in [6.45, 7) is 4.32. The van der Waals surface area contributed by atoms with E-state index < -0.39 is 0 Å². The van der Waals surface area contributed by atoms with Crippen molar-refractivity contribution in [2.24, 2.45) is 28.2 Å². The van der Waals surface area contributed by atoms with Crippen molar-refractivity contribution in [1.82, 2.24) is 9.13 Å². The first-order valence-electron chi connectivity index (χ1n) is 20.5. The number of nitrogens with zero attached hydrogens (tertiary/aromatic N) is 4. The first-order chi connectivity index (χ1) is 29.2. The van der Waals surface area contributed by atoms with Crippen molar-refractivity contribution in [2.75, 3.05) is 0 Å². The quantitative estimate of drug-likeness (QED) is 0.0962. The standard InChI is InChI=1S/C28H25N2.C28H23N2/c2*1-20-11-12-21(18-25(20)26-9-6-7-17-29(26)2)13-14-22-15-16-24-23-8-4-5-10-27(23)30(3)28(24)19-22/h4-19H,1-3H3;4-12,15-19H,1-3H3/q2*+1/b14-13+;. The van der Waals surface area contributed by atoms with Crippen molar-refractivity contribution in [2.45, 2.75) is 13.8 Å². The second-order valence-electron chi connectivity index (χ2n) is 15.7. The van der Waals surface area contributed by atoms with Crippen LogP contribution in [-0.4, -0.2) is 9.13 Å². The van der Waals surface area contributed by atoms with Crippen molar-refractivity contribution in [3.05, 3.63) is 203 Å². The number of benzene rings is 6. The molecule has 0 aliphatic heterocycles. The van der Waals surface area contributed by atoms with Gasteiger partial charge in [-0.25, -0.2) is 9.13 Å². The number of hydrogen-bond donors (Lipinski definition) is 0. The maximum absolute atomic E-state index is 3.37. The molecule has 4 heterocycles. The number of fused-ring (bicyclic) bond motifs is 6. The molecule has 0 aliphatic carbocycles. The summed E-state index contributed by atoms with van der Waals surface area (Å²) in [6.07, 6.45) is 8.58. The molecule has 10 aromatic rings. The average Bonchev–Trinajstić information content (AvgIpc) is 3.73. The van der Waals surface area contributed by atoms with Gasteiger partial charge < -0.3 is 9.13 Å². The van der Waals surface area contributed by atoms with Crippen LogP contribution >= 0.6 is 0 Å². The molecule has 0 saturated heterocycles. The SMILES string of the molecule is Cc1ccc(/C=C/c2ccc3c4ccccc4n(C)c3c2)cc1-c1cccc[n+]1C.Cc1ccc(C#Cc2ccc3c4ccccc4n(C)c3c2)cc1-c1cccc[n+]1C. The molecule has 0 fully saturated rings. The molecule has 0 amide bonds. The van der Waals surface area contributed by atoms with Crippen molar-refractivity contribution in [3.8, 4) is 34.4 Å². The minimum absolute atomic E-state index is 1.02. The van der Waals surface area contributed by atoms with Crippen LogP contribution in [0, 0.1) is 25.7 Å². The Morgan fingerprint density at radius 1 is 0.417 bits per heavy atom. The van der Waals surface area contributed by atoms with Crippen molar-refractivity contribution in [1.29, 1.82) is 0 Å². The molecule has 0 aliphatic rings. The lowest BCUT2D eigenvalue weighted by Crippen LogP contribution is -2.30. The van der Waals surface area contributed by atoms with E-state index in [0.717, 1.165) is 11.1 Å². The van der Waals surface area contributed by atoms with Crippen molar-refractivity contribution < 1.29 is 9.13 Å². The lowest BCUT2D eigenvalue weighted by Gasteiger charge is -2.06. The molecule has 0 saturated carbocycles. The number of hydrogen-bond acceptors (Lipinski definition) is 0. The Morgan fingerprint density at radius 2 is 0.850 bits per heavy atom. The van der Waals surface area contributed by atoms with Crippen LogP contribution in [0.25, 0.3) is 78.3 Å². The van der Waals surface area contributed by atoms with Crippen LogP contribution in [0.3, 0.4) is 0 Å². The predicted molar refractivity (Wildman–Crippen MR) is 251 cm³/mol. The molecule has 60 heavy (non-hydrogen) atoms. The van der Waals surface area contributed by atoms with E-state index in [2.05, 4.69) is 248 Å². The van der Waals surface area contributed by atoms with Gasteiger partial charge in [-0.1, -0.05) is 96.8 Å². The molecule has 4 nitrogen and oxygen atoms in total. The highest BCUT2D eigenvalue weighted by molar-refractivity contribution is 6.09. The van der Waals surface area contributed by atoms with Gasteiger partial charge in [0, 0.05) is 93.1 Å². The van der Waals surface area contributed by atoms with Gasteiger partial charge in [0.1, 0.15) is 14.1 Å². The maximum Gasteiger partial charge on any atom is 0.212 e. The molecule has 290 valence electrons. The Balaban J connectivity index is 0.000000154. The summed E-state index contributed by atoms with van der Waals surface area (Å²) < 4.78 is 8.84. The molecule has 0 spiro atoms. The van der Waals surface area contributed by atoms with Gasteiger partial charge in [0.2, 0.25) is 11.4 Å². The van der Waals surface area contributed by atoms with Crippen LogP contribution in [0.2, 0.25) is 0 Å². The van der Waals surface area contributed by atoms with Crippen LogP contribution in [0.5, 0.6) is 0 Å². The third-order valence-corrected chi connectivity index (χ3v) is 11.8. The molecule has 6 aromatic carbocycles. The average molecular weight is 777 g/mol. The normalized spacial score (nSPS) is 11.3. The van der Waals surface area contributed by atoms with Gasteiger partial charge in [-0.05, 0) is 96.8 Å². The zero-order valence-corrected chi connectivity index (χ0v) is 35.1. The fraction of sp³-hybridized carbons (Fsp3) is 0.107. The number of para-hydroxylation sites is 2. The molecule has 4 heteroatoms. The van der Waals surface area contributed by atoms with Crippen LogP contribution in [0.1, 0.15) is 33.4 Å². The Bertz CT molecular complexity index is 3340. The number of aromatic nitrogens is 4. The zero-order valence-electron chi connectivity index (χ0n) is 35.1. The van der Waals surface area contributed by atoms with Crippen LogP contribution in [-0.2, 0) is 28.2 Å². The first kappa shape index (κ1) is 38.1. The molecule has 4 aromatic heterocycles. The van der Waals surface area contributed by atoms with E-state index >= 15 is 0 Å². The fourth-order valence-corrected chi connectivity index (χ4v) is 8.46. The third kappa shape index (κ3) is 7.27. The molecule has 10 rings (SSSR count). The van der Waals surface area contributed by atoms with Gasteiger partial charge in [-0.15, -0.1) is 0 Å². The van der Waals surface area contributed by atoms with Crippen molar-refractivity contribution >= 4 is 55.8 Å². The summed E-state index contributed by atoms with van der Waals surface area (Å²) in [5, 5.41) is 5.17. The summed E-state index contributed by atoms with van der Waals surface area (Å²) in [6, 6.07) is 56.0. The first-order valence-corrected chi connectivity index (χ1v) is 20.5.